The minimum Gasteiger partial charge on any atom is -0.331 e. The Labute approximate surface area is 137 Å². The van der Waals surface area contributed by atoms with Crippen molar-refractivity contribution in [3.63, 3.8) is 0 Å². The Hall–Kier alpha value is -2.04. The monoisotopic (exact) mass is 315 g/mol. The van der Waals surface area contributed by atoms with Crippen LogP contribution in [-0.2, 0) is 10.2 Å². The number of rotatable bonds is 0. The van der Waals surface area contributed by atoms with E-state index in [1.54, 1.807) is 25.9 Å². The maximum atomic E-state index is 12.2. The van der Waals surface area contributed by atoms with Crippen molar-refractivity contribution in [2.45, 2.75) is 32.1 Å². The maximum absolute atomic E-state index is 12.2. The summed E-state index contributed by atoms with van der Waals surface area (Å²) in [6.45, 7) is 5.96. The molecule has 3 rings (SSSR count). The summed E-state index contributed by atoms with van der Waals surface area (Å²) in [4.78, 5) is 29.6. The van der Waals surface area contributed by atoms with Gasteiger partial charge < -0.3 is 14.7 Å². The van der Waals surface area contributed by atoms with Gasteiger partial charge in [-0.1, -0.05) is 17.7 Å². The van der Waals surface area contributed by atoms with Gasteiger partial charge in [0, 0.05) is 51.8 Å². The Morgan fingerprint density at radius 3 is 2.39 bits per heavy atom. The van der Waals surface area contributed by atoms with E-state index >= 15 is 0 Å². The third-order valence-corrected chi connectivity index (χ3v) is 5.23. The van der Waals surface area contributed by atoms with Gasteiger partial charge in [-0.15, -0.1) is 0 Å². The van der Waals surface area contributed by atoms with E-state index in [9.17, 15) is 9.59 Å². The lowest BCUT2D eigenvalue weighted by molar-refractivity contribution is -0.116. The zero-order valence-corrected chi connectivity index (χ0v) is 14.4. The number of hydrogen-bond donors (Lipinski definition) is 0. The average Bonchev–Trinajstić information content (AvgIpc) is 2.82. The summed E-state index contributed by atoms with van der Waals surface area (Å²) in [5.41, 5.74) is 3.55. The fourth-order valence-corrected chi connectivity index (χ4v) is 3.90. The molecule has 0 unspecified atom stereocenters. The molecule has 2 heterocycles. The fraction of sp³-hybridized carbons (Fsp3) is 0.556. The molecule has 0 radical (unpaired) electrons. The molecule has 0 aliphatic carbocycles. The molecule has 1 spiro atoms. The summed E-state index contributed by atoms with van der Waals surface area (Å²) < 4.78 is 0. The molecular formula is C18H25N3O2. The summed E-state index contributed by atoms with van der Waals surface area (Å²) in [5.74, 6) is 0.0961. The number of likely N-dealkylation sites (tertiary alicyclic amines) is 1. The molecule has 124 valence electrons. The highest BCUT2D eigenvalue weighted by atomic mass is 16.2. The van der Waals surface area contributed by atoms with Crippen molar-refractivity contribution in [1.82, 2.24) is 9.80 Å². The van der Waals surface area contributed by atoms with Crippen molar-refractivity contribution in [2.75, 3.05) is 38.6 Å². The number of fused-ring (bicyclic) bond motifs is 2. The molecule has 23 heavy (non-hydrogen) atoms. The van der Waals surface area contributed by atoms with E-state index in [0.29, 0.717) is 0 Å². The first-order valence-corrected chi connectivity index (χ1v) is 8.19. The predicted molar refractivity (Wildman–Crippen MR) is 90.8 cm³/mol. The fourth-order valence-electron chi connectivity index (χ4n) is 3.90. The van der Waals surface area contributed by atoms with Gasteiger partial charge in [0.05, 0.1) is 0 Å². The number of nitrogens with zero attached hydrogens (tertiary/aromatic N) is 3. The summed E-state index contributed by atoms with van der Waals surface area (Å²) >= 11 is 0. The van der Waals surface area contributed by atoms with Crippen molar-refractivity contribution in [3.05, 3.63) is 29.3 Å². The molecule has 5 nitrogen and oxygen atoms in total. The van der Waals surface area contributed by atoms with E-state index in [-0.39, 0.29) is 17.4 Å². The molecule has 0 atom stereocenters. The lowest BCUT2D eigenvalue weighted by atomic mass is 9.74. The van der Waals surface area contributed by atoms with Crippen molar-refractivity contribution < 1.29 is 9.59 Å². The SMILES string of the molecule is CC(=O)N1CC2(CCN(C(=O)N(C)C)CC2)c2cc(C)ccc21. The Kier molecular flexibility index (Phi) is 3.82. The smallest absolute Gasteiger partial charge is 0.319 e. The van der Waals surface area contributed by atoms with Crippen LogP contribution in [0.25, 0.3) is 0 Å². The van der Waals surface area contributed by atoms with Crippen LogP contribution in [-0.4, -0.2) is 55.5 Å². The first-order chi connectivity index (χ1) is 10.8. The highest BCUT2D eigenvalue weighted by molar-refractivity contribution is 5.94. The van der Waals surface area contributed by atoms with Crippen LogP contribution in [0.4, 0.5) is 10.5 Å². The summed E-state index contributed by atoms with van der Waals surface area (Å²) in [5, 5.41) is 0. The van der Waals surface area contributed by atoms with E-state index in [1.807, 2.05) is 9.80 Å². The van der Waals surface area contributed by atoms with Crippen LogP contribution in [0, 0.1) is 6.92 Å². The van der Waals surface area contributed by atoms with Crippen LogP contribution in [0.2, 0.25) is 0 Å². The average molecular weight is 315 g/mol. The number of hydrogen-bond acceptors (Lipinski definition) is 2. The Bertz CT molecular complexity index is 646. The van der Waals surface area contributed by atoms with Gasteiger partial charge in [-0.2, -0.15) is 0 Å². The van der Waals surface area contributed by atoms with E-state index in [2.05, 4.69) is 25.1 Å². The zero-order valence-electron chi connectivity index (χ0n) is 14.4. The molecule has 1 aromatic rings. The molecule has 0 saturated carbocycles. The molecule has 0 N–H and O–H groups in total. The van der Waals surface area contributed by atoms with Gasteiger partial charge in [-0.05, 0) is 31.4 Å². The van der Waals surface area contributed by atoms with E-state index in [1.165, 1.54) is 11.1 Å². The molecule has 5 heteroatoms. The zero-order chi connectivity index (χ0) is 16.8. The van der Waals surface area contributed by atoms with Crippen LogP contribution >= 0.6 is 0 Å². The van der Waals surface area contributed by atoms with Gasteiger partial charge >= 0.3 is 6.03 Å². The van der Waals surface area contributed by atoms with E-state index < -0.39 is 0 Å². The van der Waals surface area contributed by atoms with Gasteiger partial charge in [-0.25, -0.2) is 4.79 Å². The third-order valence-electron chi connectivity index (χ3n) is 5.23. The number of anilines is 1. The normalized spacial score (nSPS) is 19.0. The molecule has 1 aromatic carbocycles. The Morgan fingerprint density at radius 2 is 1.83 bits per heavy atom. The first kappa shape index (κ1) is 15.8. The lowest BCUT2D eigenvalue weighted by Gasteiger charge is -2.40. The molecular weight excluding hydrogens is 290 g/mol. The highest BCUT2D eigenvalue weighted by Crippen LogP contribution is 2.47. The Balaban J connectivity index is 1.89. The number of aryl methyl sites for hydroxylation is 1. The molecule has 1 saturated heterocycles. The minimum absolute atomic E-state index is 0.00385. The molecule has 0 bridgehead atoms. The molecule has 0 aromatic heterocycles. The van der Waals surface area contributed by atoms with Crippen LogP contribution in [0.5, 0.6) is 0 Å². The summed E-state index contributed by atoms with van der Waals surface area (Å²) in [6.07, 6.45) is 1.82. The Morgan fingerprint density at radius 1 is 1.17 bits per heavy atom. The molecule has 2 aliphatic heterocycles. The van der Waals surface area contributed by atoms with Gasteiger partial charge in [-0.3, -0.25) is 4.79 Å². The van der Waals surface area contributed by atoms with Crippen LogP contribution in [0.1, 0.15) is 30.9 Å². The number of amides is 3. The number of benzene rings is 1. The quantitative estimate of drug-likeness (QED) is 0.738. The topological polar surface area (TPSA) is 43.9 Å². The van der Waals surface area contributed by atoms with Gasteiger partial charge in [0.25, 0.3) is 0 Å². The first-order valence-electron chi connectivity index (χ1n) is 8.19. The van der Waals surface area contributed by atoms with Gasteiger partial charge in [0.2, 0.25) is 5.91 Å². The second-order valence-electron chi connectivity index (χ2n) is 7.07. The summed E-state index contributed by atoms with van der Waals surface area (Å²) in [6, 6.07) is 6.43. The van der Waals surface area contributed by atoms with Crippen LogP contribution in [0.15, 0.2) is 18.2 Å². The highest BCUT2D eigenvalue weighted by Gasteiger charge is 2.46. The largest absolute Gasteiger partial charge is 0.331 e. The van der Waals surface area contributed by atoms with Crippen molar-refractivity contribution in [3.8, 4) is 0 Å². The number of urea groups is 1. The maximum Gasteiger partial charge on any atom is 0.319 e. The van der Waals surface area contributed by atoms with Crippen LogP contribution < -0.4 is 4.90 Å². The predicted octanol–water partition coefficient (Wildman–Crippen LogP) is 2.38. The number of piperidine rings is 1. The van der Waals surface area contributed by atoms with Crippen molar-refractivity contribution in [1.29, 1.82) is 0 Å². The second-order valence-corrected chi connectivity index (χ2v) is 7.07. The number of carbonyl (C=O) groups excluding carboxylic acids is 2. The number of carbonyl (C=O) groups is 2. The van der Waals surface area contributed by atoms with Gasteiger partial charge in [0.15, 0.2) is 0 Å². The third kappa shape index (κ3) is 2.58. The van der Waals surface area contributed by atoms with Crippen molar-refractivity contribution in [2.24, 2.45) is 0 Å². The van der Waals surface area contributed by atoms with E-state index in [4.69, 9.17) is 0 Å². The summed E-state index contributed by atoms with van der Waals surface area (Å²) in [7, 11) is 3.58. The minimum atomic E-state index is -0.00385. The standard InChI is InChI=1S/C18H25N3O2/c1-13-5-6-16-15(11-13)18(12-21(16)14(2)22)7-9-20(10-8-18)17(23)19(3)4/h5-6,11H,7-10,12H2,1-4H3. The van der Waals surface area contributed by atoms with Crippen LogP contribution in [0.3, 0.4) is 0 Å². The van der Waals surface area contributed by atoms with Crippen molar-refractivity contribution >= 4 is 17.6 Å². The molecule has 1 fully saturated rings. The van der Waals surface area contributed by atoms with E-state index in [0.717, 1.165) is 38.2 Å². The lowest BCUT2D eigenvalue weighted by Crippen LogP contribution is -2.50. The van der Waals surface area contributed by atoms with Gasteiger partial charge in [0.1, 0.15) is 0 Å². The molecule has 3 amide bonds. The second kappa shape index (κ2) is 5.55. The molecule has 2 aliphatic rings.